The summed E-state index contributed by atoms with van der Waals surface area (Å²) >= 11 is 1.49. The molecule has 1 aliphatic rings. The first-order chi connectivity index (χ1) is 14.2. The second-order valence-corrected chi connectivity index (χ2v) is 7.96. The Morgan fingerprint density at radius 1 is 1.10 bits per heavy atom. The number of hydrogen-bond acceptors (Lipinski definition) is 4. The molecule has 0 saturated carbocycles. The third-order valence-corrected chi connectivity index (χ3v) is 5.90. The number of benzene rings is 1. The minimum atomic E-state index is -0.126. The number of nitrogens with one attached hydrogen (secondary N) is 2. The highest BCUT2D eigenvalue weighted by Crippen LogP contribution is 2.22. The van der Waals surface area contributed by atoms with Crippen molar-refractivity contribution in [2.24, 2.45) is 5.92 Å². The summed E-state index contributed by atoms with van der Waals surface area (Å²) in [7, 11) is 0. The molecule has 2 heterocycles. The quantitative estimate of drug-likeness (QED) is 0.685. The van der Waals surface area contributed by atoms with E-state index in [0.29, 0.717) is 37.7 Å². The molecule has 0 aliphatic carbocycles. The van der Waals surface area contributed by atoms with Crippen molar-refractivity contribution < 1.29 is 9.59 Å². The van der Waals surface area contributed by atoms with Gasteiger partial charge in [-0.3, -0.25) is 4.79 Å². The Labute approximate surface area is 176 Å². The predicted molar refractivity (Wildman–Crippen MR) is 116 cm³/mol. The Bertz CT molecular complexity index is 807. The summed E-state index contributed by atoms with van der Waals surface area (Å²) in [6, 6.07) is 13.6. The van der Waals surface area contributed by atoms with E-state index in [2.05, 4.69) is 27.8 Å². The molecule has 1 saturated heterocycles. The third-order valence-electron chi connectivity index (χ3n) is 5.19. The van der Waals surface area contributed by atoms with E-state index < -0.39 is 0 Å². The number of carbonyl (C=O) groups excluding carboxylic acids is 2. The third kappa shape index (κ3) is 6.22. The van der Waals surface area contributed by atoms with E-state index >= 15 is 0 Å². The molecule has 1 aromatic carbocycles. The minimum Gasteiger partial charge on any atom is -0.339 e. The zero-order valence-electron chi connectivity index (χ0n) is 16.8. The van der Waals surface area contributed by atoms with Gasteiger partial charge in [0.25, 0.3) is 5.91 Å². The highest BCUT2D eigenvalue weighted by atomic mass is 32.2. The first kappa shape index (κ1) is 21.2. The number of pyridine rings is 1. The molecule has 2 aromatic rings. The highest BCUT2D eigenvalue weighted by Gasteiger charge is 2.25. The number of carbonyl (C=O) groups is 2. The molecular weight excluding hydrogens is 384 g/mol. The molecule has 1 aliphatic heterocycles. The van der Waals surface area contributed by atoms with Crippen molar-refractivity contribution in [1.82, 2.24) is 20.5 Å². The Hall–Kier alpha value is -2.54. The topological polar surface area (TPSA) is 74.3 Å². The Kier molecular flexibility index (Phi) is 7.93. The van der Waals surface area contributed by atoms with Gasteiger partial charge in [0, 0.05) is 32.4 Å². The van der Waals surface area contributed by atoms with Crippen LogP contribution >= 0.6 is 11.8 Å². The van der Waals surface area contributed by atoms with E-state index in [-0.39, 0.29) is 11.9 Å². The number of aromatic nitrogens is 1. The molecule has 0 radical (unpaired) electrons. The first-order valence-corrected chi connectivity index (χ1v) is 11.2. The minimum absolute atomic E-state index is 0.0486. The van der Waals surface area contributed by atoms with Gasteiger partial charge in [0.15, 0.2) is 0 Å². The summed E-state index contributed by atoms with van der Waals surface area (Å²) in [6.07, 6.45) is 6.25. The molecule has 0 atom stereocenters. The molecule has 29 heavy (non-hydrogen) atoms. The van der Waals surface area contributed by atoms with Gasteiger partial charge < -0.3 is 15.5 Å². The molecular formula is C22H28N4O2S. The van der Waals surface area contributed by atoms with Crippen molar-refractivity contribution in [3.8, 4) is 0 Å². The van der Waals surface area contributed by atoms with E-state index in [1.54, 1.807) is 12.3 Å². The maximum Gasteiger partial charge on any atom is 0.314 e. The number of amides is 3. The lowest BCUT2D eigenvalue weighted by molar-refractivity contribution is 0.0686. The van der Waals surface area contributed by atoms with Gasteiger partial charge in [0.05, 0.1) is 5.56 Å². The van der Waals surface area contributed by atoms with Crippen LogP contribution in [0, 0.1) is 5.92 Å². The summed E-state index contributed by atoms with van der Waals surface area (Å²) in [6.45, 7) is 2.68. The van der Waals surface area contributed by atoms with Crippen LogP contribution in [0.5, 0.6) is 0 Å². The fourth-order valence-corrected chi connectivity index (χ4v) is 4.03. The van der Waals surface area contributed by atoms with Crippen molar-refractivity contribution in [2.45, 2.75) is 24.3 Å². The number of rotatable bonds is 7. The molecule has 0 spiro atoms. The van der Waals surface area contributed by atoms with Crippen LogP contribution in [0.25, 0.3) is 0 Å². The molecule has 1 aromatic heterocycles. The van der Waals surface area contributed by atoms with E-state index in [4.69, 9.17) is 0 Å². The van der Waals surface area contributed by atoms with Crippen LogP contribution in [0.1, 0.15) is 28.8 Å². The van der Waals surface area contributed by atoms with Crippen molar-refractivity contribution in [3.05, 3.63) is 59.8 Å². The molecule has 1 fully saturated rings. The number of thioether (sulfide) groups is 1. The van der Waals surface area contributed by atoms with Gasteiger partial charge >= 0.3 is 6.03 Å². The summed E-state index contributed by atoms with van der Waals surface area (Å²) in [4.78, 5) is 31.0. The molecule has 0 bridgehead atoms. The van der Waals surface area contributed by atoms with Crippen LogP contribution in [-0.2, 0) is 6.42 Å². The fourth-order valence-electron chi connectivity index (χ4n) is 3.49. The van der Waals surface area contributed by atoms with Gasteiger partial charge in [-0.05, 0) is 49.1 Å². The van der Waals surface area contributed by atoms with Gasteiger partial charge in [-0.2, -0.15) is 0 Å². The lowest BCUT2D eigenvalue weighted by Gasteiger charge is -2.32. The average molecular weight is 413 g/mol. The van der Waals surface area contributed by atoms with E-state index in [0.717, 1.165) is 24.3 Å². The fraction of sp³-hybridized carbons (Fsp3) is 0.409. The number of piperidine rings is 1. The normalized spacial score (nSPS) is 14.4. The van der Waals surface area contributed by atoms with E-state index in [1.807, 2.05) is 35.4 Å². The summed E-state index contributed by atoms with van der Waals surface area (Å²) in [5.74, 6) is 0.445. The van der Waals surface area contributed by atoms with Gasteiger partial charge in [-0.1, -0.05) is 30.3 Å². The predicted octanol–water partition coefficient (Wildman–Crippen LogP) is 3.20. The second kappa shape index (κ2) is 10.9. The van der Waals surface area contributed by atoms with Crippen LogP contribution in [0.2, 0.25) is 0 Å². The zero-order valence-corrected chi connectivity index (χ0v) is 17.6. The van der Waals surface area contributed by atoms with Crippen molar-refractivity contribution in [2.75, 3.05) is 32.4 Å². The Balaban J connectivity index is 1.36. The average Bonchev–Trinajstić information content (AvgIpc) is 2.78. The lowest BCUT2D eigenvalue weighted by Crippen LogP contribution is -2.44. The van der Waals surface area contributed by atoms with Crippen LogP contribution in [0.15, 0.2) is 53.7 Å². The van der Waals surface area contributed by atoms with E-state index in [9.17, 15) is 9.59 Å². The highest BCUT2D eigenvalue weighted by molar-refractivity contribution is 7.98. The van der Waals surface area contributed by atoms with Crippen molar-refractivity contribution >= 4 is 23.7 Å². The zero-order chi connectivity index (χ0) is 20.5. The summed E-state index contributed by atoms with van der Waals surface area (Å²) in [5, 5.41) is 6.65. The number of likely N-dealkylation sites (tertiary alicyclic amines) is 1. The second-order valence-electron chi connectivity index (χ2n) is 7.17. The SMILES string of the molecule is CSc1ncccc1C(=O)N1CCC(CNC(=O)NCCc2ccccc2)CC1. The molecule has 154 valence electrons. The van der Waals surface area contributed by atoms with Crippen molar-refractivity contribution in [3.63, 3.8) is 0 Å². The van der Waals surface area contributed by atoms with E-state index in [1.165, 1.54) is 17.3 Å². The molecule has 6 nitrogen and oxygen atoms in total. The van der Waals surface area contributed by atoms with Crippen LogP contribution in [-0.4, -0.2) is 54.3 Å². The Morgan fingerprint density at radius 2 is 1.86 bits per heavy atom. The Morgan fingerprint density at radius 3 is 2.59 bits per heavy atom. The largest absolute Gasteiger partial charge is 0.339 e. The molecule has 3 amide bonds. The van der Waals surface area contributed by atoms with Crippen LogP contribution in [0.4, 0.5) is 4.79 Å². The summed E-state index contributed by atoms with van der Waals surface area (Å²) < 4.78 is 0. The van der Waals surface area contributed by atoms with Gasteiger partial charge in [0.2, 0.25) is 0 Å². The molecule has 2 N–H and O–H groups in total. The lowest BCUT2D eigenvalue weighted by atomic mass is 9.96. The van der Waals surface area contributed by atoms with Gasteiger partial charge in [0.1, 0.15) is 5.03 Å². The molecule has 7 heteroatoms. The van der Waals surface area contributed by atoms with Gasteiger partial charge in [-0.15, -0.1) is 11.8 Å². The number of urea groups is 1. The standard InChI is InChI=1S/C22H28N4O2S/c1-29-20-19(8-5-12-23-20)21(27)26-14-10-18(11-15-26)16-25-22(28)24-13-9-17-6-3-2-4-7-17/h2-8,12,18H,9-11,13-16H2,1H3,(H2,24,25,28). The molecule has 3 rings (SSSR count). The van der Waals surface area contributed by atoms with Gasteiger partial charge in [-0.25, -0.2) is 9.78 Å². The van der Waals surface area contributed by atoms with Crippen LogP contribution in [0.3, 0.4) is 0 Å². The summed E-state index contributed by atoms with van der Waals surface area (Å²) in [5.41, 5.74) is 1.89. The molecule has 0 unspecified atom stereocenters. The van der Waals surface area contributed by atoms with Crippen LogP contribution < -0.4 is 10.6 Å². The monoisotopic (exact) mass is 412 g/mol. The maximum atomic E-state index is 12.8. The first-order valence-electron chi connectivity index (χ1n) is 10.0. The maximum absolute atomic E-state index is 12.8. The van der Waals surface area contributed by atoms with Crippen molar-refractivity contribution in [1.29, 1.82) is 0 Å². The number of nitrogens with zero attached hydrogens (tertiary/aromatic N) is 2. The smallest absolute Gasteiger partial charge is 0.314 e. The number of hydrogen-bond donors (Lipinski definition) is 2.